The number of carboxylic acids is 1. The molecule has 2 rings (SSSR count). The summed E-state index contributed by atoms with van der Waals surface area (Å²) in [5.41, 5.74) is -1.42. The molecule has 1 aromatic rings. The third kappa shape index (κ3) is 4.57. The molecule has 1 aliphatic rings. The van der Waals surface area contributed by atoms with E-state index < -0.39 is 34.0 Å². The minimum Gasteiger partial charge on any atom is -0.479 e. The molecule has 3 N–H and O–H groups in total. The number of carbonyl (C=O) groups is 2. The Bertz CT molecular complexity index is 829. The van der Waals surface area contributed by atoms with Crippen LogP contribution in [0.3, 0.4) is 0 Å². The molecule has 1 amide bonds. The number of benzene rings is 1. The lowest BCUT2D eigenvalue weighted by atomic mass is 10.1. The van der Waals surface area contributed by atoms with Crippen molar-refractivity contribution in [2.24, 2.45) is 0 Å². The van der Waals surface area contributed by atoms with Crippen molar-refractivity contribution in [2.75, 3.05) is 38.6 Å². The third-order valence-corrected chi connectivity index (χ3v) is 6.30. The second kappa shape index (κ2) is 7.83. The van der Waals surface area contributed by atoms with E-state index >= 15 is 0 Å². The standard InChI is InChI=1S/C17H25N3O6S/c1-17(24,16(22)23)11-18-15(21)13-10-12(27(25,26)19(2)3)6-7-14(13)20-8-4-5-9-20/h6-7,10,24H,4-5,8-9,11H2,1-3H3,(H,18,21)(H,22,23). The molecule has 1 atom stereocenters. The predicted octanol–water partition coefficient (Wildman–Crippen LogP) is 0.103. The SMILES string of the molecule is CN(C)S(=O)(=O)c1ccc(N2CCCC2)c(C(=O)NCC(C)(O)C(=O)O)c1. The van der Waals surface area contributed by atoms with E-state index in [9.17, 15) is 23.1 Å². The highest BCUT2D eigenvalue weighted by Gasteiger charge is 2.31. The summed E-state index contributed by atoms with van der Waals surface area (Å²) in [5, 5.41) is 21.2. The van der Waals surface area contributed by atoms with Crippen LogP contribution in [-0.2, 0) is 14.8 Å². The molecule has 9 nitrogen and oxygen atoms in total. The Morgan fingerprint density at radius 3 is 2.37 bits per heavy atom. The number of nitrogens with zero attached hydrogens (tertiary/aromatic N) is 2. The van der Waals surface area contributed by atoms with Crippen LogP contribution in [-0.4, -0.2) is 74.1 Å². The highest BCUT2D eigenvalue weighted by atomic mass is 32.2. The maximum Gasteiger partial charge on any atom is 0.337 e. The van der Waals surface area contributed by atoms with E-state index in [1.54, 1.807) is 6.07 Å². The number of anilines is 1. The van der Waals surface area contributed by atoms with E-state index in [2.05, 4.69) is 5.32 Å². The number of aliphatic hydroxyl groups is 1. The zero-order valence-electron chi connectivity index (χ0n) is 15.6. The van der Waals surface area contributed by atoms with Gasteiger partial charge in [0.2, 0.25) is 10.0 Å². The van der Waals surface area contributed by atoms with Gasteiger partial charge in [0.05, 0.1) is 17.0 Å². The number of carboxylic acid groups (broad SMARTS) is 1. The second-order valence-corrected chi connectivity index (χ2v) is 9.07. The van der Waals surface area contributed by atoms with Crippen molar-refractivity contribution in [1.82, 2.24) is 9.62 Å². The molecule has 0 aromatic heterocycles. The number of carbonyl (C=O) groups excluding carboxylic acids is 1. The van der Waals surface area contributed by atoms with E-state index in [0.29, 0.717) is 5.69 Å². The Kier molecular flexibility index (Phi) is 6.13. The normalized spacial score (nSPS) is 17.0. The first-order valence-corrected chi connectivity index (χ1v) is 9.96. The lowest BCUT2D eigenvalue weighted by Crippen LogP contribution is -2.46. The molecule has 10 heteroatoms. The van der Waals surface area contributed by atoms with Crippen molar-refractivity contribution in [3.63, 3.8) is 0 Å². The van der Waals surface area contributed by atoms with Crippen molar-refractivity contribution in [1.29, 1.82) is 0 Å². The largest absolute Gasteiger partial charge is 0.479 e. The number of amides is 1. The van der Waals surface area contributed by atoms with E-state index in [4.69, 9.17) is 5.11 Å². The third-order valence-electron chi connectivity index (χ3n) is 4.49. The number of rotatable bonds is 7. The first-order valence-electron chi connectivity index (χ1n) is 8.52. The van der Waals surface area contributed by atoms with Crippen LogP contribution in [0, 0.1) is 0 Å². The smallest absolute Gasteiger partial charge is 0.337 e. The van der Waals surface area contributed by atoms with Gasteiger partial charge in [0.1, 0.15) is 0 Å². The Morgan fingerprint density at radius 1 is 1.26 bits per heavy atom. The van der Waals surface area contributed by atoms with Gasteiger partial charge in [0, 0.05) is 32.9 Å². The molecule has 0 spiro atoms. The maximum absolute atomic E-state index is 12.7. The van der Waals surface area contributed by atoms with Crippen LogP contribution >= 0.6 is 0 Å². The van der Waals surface area contributed by atoms with Crippen LogP contribution in [0.5, 0.6) is 0 Å². The Hall–Kier alpha value is -2.17. The molecule has 0 radical (unpaired) electrons. The molecule has 0 saturated carbocycles. The van der Waals surface area contributed by atoms with Crippen LogP contribution in [0.1, 0.15) is 30.1 Å². The van der Waals surface area contributed by atoms with Gasteiger partial charge in [-0.05, 0) is 38.0 Å². The molecule has 0 bridgehead atoms. The minimum absolute atomic E-state index is 0.0365. The van der Waals surface area contributed by atoms with Crippen LogP contribution < -0.4 is 10.2 Å². The monoisotopic (exact) mass is 399 g/mol. The number of sulfonamides is 1. The molecule has 150 valence electrons. The summed E-state index contributed by atoms with van der Waals surface area (Å²) in [4.78, 5) is 25.6. The van der Waals surface area contributed by atoms with Gasteiger partial charge >= 0.3 is 5.97 Å². The summed E-state index contributed by atoms with van der Waals surface area (Å²) in [6.07, 6.45) is 1.93. The zero-order chi connectivity index (χ0) is 20.4. The summed E-state index contributed by atoms with van der Waals surface area (Å²) in [6, 6.07) is 4.33. The highest BCUT2D eigenvalue weighted by molar-refractivity contribution is 7.89. The minimum atomic E-state index is -3.74. The van der Waals surface area contributed by atoms with Crippen molar-refractivity contribution < 1.29 is 28.2 Å². The molecule has 0 aliphatic carbocycles. The lowest BCUT2D eigenvalue weighted by Gasteiger charge is -2.23. The van der Waals surface area contributed by atoms with E-state index in [-0.39, 0.29) is 10.5 Å². The zero-order valence-corrected chi connectivity index (χ0v) is 16.4. The fourth-order valence-electron chi connectivity index (χ4n) is 2.73. The molecule has 1 unspecified atom stereocenters. The molecule has 27 heavy (non-hydrogen) atoms. The Balaban J connectivity index is 2.40. The quantitative estimate of drug-likeness (QED) is 0.593. The fraction of sp³-hybridized carbons (Fsp3) is 0.529. The number of nitrogens with one attached hydrogen (secondary N) is 1. The first kappa shape index (κ1) is 21.1. The average Bonchev–Trinajstić information content (AvgIpc) is 3.13. The summed E-state index contributed by atoms with van der Waals surface area (Å²) >= 11 is 0. The molecule has 1 saturated heterocycles. The van der Waals surface area contributed by atoms with E-state index in [1.165, 1.54) is 26.2 Å². The van der Waals surface area contributed by atoms with Crippen molar-refractivity contribution in [3.05, 3.63) is 23.8 Å². The van der Waals surface area contributed by atoms with Gasteiger partial charge in [0.15, 0.2) is 5.60 Å². The molecular formula is C17H25N3O6S. The molecule has 1 fully saturated rings. The Labute approximate surface area is 158 Å². The Morgan fingerprint density at radius 2 is 1.85 bits per heavy atom. The average molecular weight is 399 g/mol. The highest BCUT2D eigenvalue weighted by Crippen LogP contribution is 2.28. The van der Waals surface area contributed by atoms with E-state index in [0.717, 1.165) is 37.2 Å². The second-order valence-electron chi connectivity index (χ2n) is 6.92. The van der Waals surface area contributed by atoms with Gasteiger partial charge in [-0.25, -0.2) is 17.5 Å². The summed E-state index contributed by atoms with van der Waals surface area (Å²) in [7, 11) is -0.946. The van der Waals surface area contributed by atoms with Crippen molar-refractivity contribution in [3.8, 4) is 0 Å². The van der Waals surface area contributed by atoms with Gasteiger partial charge in [-0.15, -0.1) is 0 Å². The molecule has 1 aromatic carbocycles. The lowest BCUT2D eigenvalue weighted by molar-refractivity contribution is -0.155. The fourth-order valence-corrected chi connectivity index (χ4v) is 3.65. The topological polar surface area (TPSA) is 127 Å². The summed E-state index contributed by atoms with van der Waals surface area (Å²) in [6.45, 7) is 2.05. The summed E-state index contributed by atoms with van der Waals surface area (Å²) in [5.74, 6) is -2.11. The van der Waals surface area contributed by atoms with E-state index in [1.807, 2.05) is 4.90 Å². The van der Waals surface area contributed by atoms with Crippen molar-refractivity contribution >= 4 is 27.6 Å². The van der Waals surface area contributed by atoms with Gasteiger partial charge in [-0.1, -0.05) is 0 Å². The maximum atomic E-state index is 12.7. The number of hydrogen-bond acceptors (Lipinski definition) is 6. The molecule has 1 heterocycles. The van der Waals surface area contributed by atoms with Crippen molar-refractivity contribution in [2.45, 2.75) is 30.3 Å². The molecule has 1 aliphatic heterocycles. The van der Waals surface area contributed by atoms with Gasteiger partial charge in [0.25, 0.3) is 5.91 Å². The van der Waals surface area contributed by atoms with Gasteiger partial charge in [-0.3, -0.25) is 4.79 Å². The first-order chi connectivity index (χ1) is 12.5. The van der Waals surface area contributed by atoms with Crippen LogP contribution in [0.4, 0.5) is 5.69 Å². The number of aliphatic carboxylic acids is 1. The van der Waals surface area contributed by atoms with Crippen LogP contribution in [0.2, 0.25) is 0 Å². The predicted molar refractivity (Wildman–Crippen MR) is 99.4 cm³/mol. The van der Waals surface area contributed by atoms with Gasteiger partial charge < -0.3 is 20.4 Å². The molecular weight excluding hydrogens is 374 g/mol. The van der Waals surface area contributed by atoms with Crippen LogP contribution in [0.25, 0.3) is 0 Å². The van der Waals surface area contributed by atoms with Gasteiger partial charge in [-0.2, -0.15) is 0 Å². The van der Waals surface area contributed by atoms with Crippen LogP contribution in [0.15, 0.2) is 23.1 Å². The number of hydrogen-bond donors (Lipinski definition) is 3. The summed E-state index contributed by atoms with van der Waals surface area (Å²) < 4.78 is 25.9.